The molecule has 1 aliphatic heterocycles. The molecule has 1 saturated heterocycles. The minimum Gasteiger partial charge on any atom is -0.347 e. The highest BCUT2D eigenvalue weighted by atomic mass is 19.4. The number of halogens is 6. The number of amides is 2. The van der Waals surface area contributed by atoms with Crippen molar-refractivity contribution in [1.82, 2.24) is 25.9 Å². The van der Waals surface area contributed by atoms with Gasteiger partial charge in [-0.1, -0.05) is 7.43 Å². The number of hydrogen-bond donors (Lipinski definition) is 3. The maximum atomic E-state index is 11.8. The third-order valence-electron chi connectivity index (χ3n) is 3.38. The van der Waals surface area contributed by atoms with Crippen molar-refractivity contribution in [3.8, 4) is 0 Å². The Morgan fingerprint density at radius 3 is 2.17 bits per heavy atom. The molecule has 3 N–H and O–H groups in total. The number of alkyl halides is 6. The molecule has 2 rings (SSSR count). The first kappa shape index (κ1) is 26.6. The van der Waals surface area contributed by atoms with Gasteiger partial charge in [-0.25, -0.2) is 4.98 Å². The van der Waals surface area contributed by atoms with Crippen LogP contribution in [0.2, 0.25) is 0 Å². The molecule has 0 spiro atoms. The van der Waals surface area contributed by atoms with Crippen LogP contribution in [0.5, 0.6) is 0 Å². The zero-order valence-electron chi connectivity index (χ0n) is 14.5. The molecule has 0 radical (unpaired) electrons. The van der Waals surface area contributed by atoms with Crippen molar-refractivity contribution in [3.63, 3.8) is 0 Å². The fourth-order valence-electron chi connectivity index (χ4n) is 2.09. The first-order valence-corrected chi connectivity index (χ1v) is 8.14. The van der Waals surface area contributed by atoms with Crippen LogP contribution in [0.4, 0.5) is 26.3 Å². The Bertz CT molecular complexity index is 618. The van der Waals surface area contributed by atoms with Gasteiger partial charge in [0.05, 0.1) is 12.1 Å². The van der Waals surface area contributed by atoms with Crippen LogP contribution in [0.25, 0.3) is 0 Å². The van der Waals surface area contributed by atoms with E-state index in [9.17, 15) is 35.9 Å². The Morgan fingerprint density at radius 2 is 1.69 bits per heavy atom. The van der Waals surface area contributed by atoms with E-state index in [-0.39, 0.29) is 19.0 Å². The summed E-state index contributed by atoms with van der Waals surface area (Å²) >= 11 is 0. The van der Waals surface area contributed by atoms with Crippen LogP contribution in [-0.4, -0.2) is 60.3 Å². The Morgan fingerprint density at radius 1 is 1.07 bits per heavy atom. The van der Waals surface area contributed by atoms with Gasteiger partial charge in [-0.2, -0.15) is 26.3 Å². The molecule has 166 valence electrons. The fourth-order valence-corrected chi connectivity index (χ4v) is 2.09. The molecule has 13 heteroatoms. The van der Waals surface area contributed by atoms with E-state index in [1.807, 2.05) is 5.32 Å². The van der Waals surface area contributed by atoms with E-state index in [2.05, 4.69) is 15.3 Å². The SMILES string of the molecule is C.O=C(NCC(F)(F)F)[C@H]1CCCNC1.O=C(NCC(F)(F)F)c1cnccn1. The number of carbonyl (C=O) groups excluding carboxylic acids is 2. The predicted molar refractivity (Wildman–Crippen MR) is 91.8 cm³/mol. The van der Waals surface area contributed by atoms with Crippen molar-refractivity contribution in [1.29, 1.82) is 0 Å². The molecule has 0 unspecified atom stereocenters. The van der Waals surface area contributed by atoms with Gasteiger partial charge < -0.3 is 16.0 Å². The molecule has 0 bridgehead atoms. The summed E-state index contributed by atoms with van der Waals surface area (Å²) in [5.41, 5.74) is -0.142. The van der Waals surface area contributed by atoms with Gasteiger partial charge in [-0.3, -0.25) is 14.6 Å². The topological polar surface area (TPSA) is 96.0 Å². The molecule has 1 fully saturated rings. The molecule has 1 aromatic heterocycles. The van der Waals surface area contributed by atoms with E-state index in [1.54, 1.807) is 5.32 Å². The van der Waals surface area contributed by atoms with Gasteiger partial charge in [0.2, 0.25) is 5.91 Å². The average Bonchev–Trinajstić information content (AvgIpc) is 2.65. The molecule has 29 heavy (non-hydrogen) atoms. The third kappa shape index (κ3) is 12.6. The minimum atomic E-state index is -4.42. The van der Waals surface area contributed by atoms with Gasteiger partial charge in [0.1, 0.15) is 18.8 Å². The molecule has 1 atom stereocenters. The summed E-state index contributed by atoms with van der Waals surface area (Å²) in [6, 6.07) is 0. The van der Waals surface area contributed by atoms with E-state index in [4.69, 9.17) is 0 Å². The number of rotatable bonds is 4. The molecule has 2 amide bonds. The molecule has 1 aliphatic rings. The van der Waals surface area contributed by atoms with Crippen LogP contribution in [0, 0.1) is 5.92 Å². The molecule has 0 aromatic carbocycles. The van der Waals surface area contributed by atoms with Crippen LogP contribution in [0.3, 0.4) is 0 Å². The summed E-state index contributed by atoms with van der Waals surface area (Å²) in [4.78, 5) is 29.3. The van der Waals surface area contributed by atoms with E-state index in [1.165, 1.54) is 12.4 Å². The standard InChI is InChI=1S/C8H13F3N2O.C7H6F3N3O.CH4/c9-8(10,11)5-13-7(14)6-2-1-3-12-4-6;8-7(9,10)4-13-6(14)5-3-11-1-2-12-5;/h6,12H,1-5H2,(H,13,14);1-3H,4H2,(H,13,14);1H4/t6-;;/m0../s1. The summed E-state index contributed by atoms with van der Waals surface area (Å²) < 4.78 is 70.3. The maximum Gasteiger partial charge on any atom is 0.405 e. The van der Waals surface area contributed by atoms with Gasteiger partial charge in [-0.15, -0.1) is 0 Å². The Hall–Kier alpha value is -2.44. The summed E-state index contributed by atoms with van der Waals surface area (Å²) in [5.74, 6) is -1.71. The second-order valence-electron chi connectivity index (χ2n) is 5.76. The molecular formula is C16H23F6N5O2. The van der Waals surface area contributed by atoms with E-state index < -0.39 is 37.3 Å². The monoisotopic (exact) mass is 431 g/mol. The highest BCUT2D eigenvalue weighted by Gasteiger charge is 2.30. The first-order valence-electron chi connectivity index (χ1n) is 8.14. The highest BCUT2D eigenvalue weighted by Crippen LogP contribution is 2.14. The molecular weight excluding hydrogens is 408 g/mol. The van der Waals surface area contributed by atoms with Gasteiger partial charge in [0.25, 0.3) is 5.91 Å². The van der Waals surface area contributed by atoms with Crippen LogP contribution in [0.15, 0.2) is 18.6 Å². The van der Waals surface area contributed by atoms with E-state index in [0.717, 1.165) is 19.2 Å². The van der Waals surface area contributed by atoms with Crippen molar-refractivity contribution in [2.45, 2.75) is 32.6 Å². The van der Waals surface area contributed by atoms with Crippen LogP contribution in [0.1, 0.15) is 30.8 Å². The summed E-state index contributed by atoms with van der Waals surface area (Å²) in [5, 5.41) is 6.53. The lowest BCUT2D eigenvalue weighted by atomic mass is 9.99. The second-order valence-corrected chi connectivity index (χ2v) is 5.76. The zero-order chi connectivity index (χ0) is 21.2. The lowest BCUT2D eigenvalue weighted by molar-refractivity contribution is -0.141. The average molecular weight is 431 g/mol. The molecule has 0 saturated carbocycles. The number of carbonyl (C=O) groups is 2. The zero-order valence-corrected chi connectivity index (χ0v) is 14.5. The fraction of sp³-hybridized carbons (Fsp3) is 0.625. The van der Waals surface area contributed by atoms with Gasteiger partial charge in [0, 0.05) is 18.9 Å². The highest BCUT2D eigenvalue weighted by molar-refractivity contribution is 5.91. The van der Waals surface area contributed by atoms with Crippen molar-refractivity contribution < 1.29 is 35.9 Å². The normalized spacial score (nSPS) is 16.6. The van der Waals surface area contributed by atoms with E-state index >= 15 is 0 Å². The lowest BCUT2D eigenvalue weighted by Crippen LogP contribution is -2.43. The minimum absolute atomic E-state index is 0. The largest absolute Gasteiger partial charge is 0.405 e. The maximum absolute atomic E-state index is 11.8. The summed E-state index contributed by atoms with van der Waals surface area (Å²) in [6.07, 6.45) is -3.61. The summed E-state index contributed by atoms with van der Waals surface area (Å²) in [7, 11) is 0. The van der Waals surface area contributed by atoms with Crippen molar-refractivity contribution in [3.05, 3.63) is 24.3 Å². The number of piperidine rings is 1. The van der Waals surface area contributed by atoms with Gasteiger partial charge >= 0.3 is 12.4 Å². The first-order chi connectivity index (χ1) is 13.0. The number of nitrogens with one attached hydrogen (secondary N) is 3. The Kier molecular flexibility index (Phi) is 11.2. The van der Waals surface area contributed by atoms with Gasteiger partial charge in [0.15, 0.2) is 0 Å². The third-order valence-corrected chi connectivity index (χ3v) is 3.38. The Labute approximate surface area is 163 Å². The van der Waals surface area contributed by atoms with Crippen molar-refractivity contribution in [2.75, 3.05) is 26.2 Å². The van der Waals surface area contributed by atoms with Gasteiger partial charge in [-0.05, 0) is 19.4 Å². The molecule has 7 nitrogen and oxygen atoms in total. The predicted octanol–water partition coefficient (Wildman–Crippen LogP) is 2.07. The molecule has 0 aliphatic carbocycles. The van der Waals surface area contributed by atoms with Crippen LogP contribution < -0.4 is 16.0 Å². The number of nitrogens with zero attached hydrogens (tertiary/aromatic N) is 2. The Balaban J connectivity index is 0.000000523. The van der Waals surface area contributed by atoms with Crippen molar-refractivity contribution >= 4 is 11.8 Å². The summed E-state index contributed by atoms with van der Waals surface area (Å²) in [6.45, 7) is -1.29. The van der Waals surface area contributed by atoms with Crippen LogP contribution >= 0.6 is 0 Å². The van der Waals surface area contributed by atoms with Crippen molar-refractivity contribution in [2.24, 2.45) is 5.92 Å². The second kappa shape index (κ2) is 12.2. The number of hydrogen-bond acceptors (Lipinski definition) is 5. The molecule has 2 heterocycles. The lowest BCUT2D eigenvalue weighted by Gasteiger charge is -2.22. The van der Waals surface area contributed by atoms with E-state index in [0.29, 0.717) is 13.0 Å². The van der Waals surface area contributed by atoms with Crippen LogP contribution in [-0.2, 0) is 4.79 Å². The smallest absolute Gasteiger partial charge is 0.347 e. The molecule has 1 aromatic rings. The number of aromatic nitrogens is 2. The quantitative estimate of drug-likeness (QED) is 0.635.